The fourth-order valence-electron chi connectivity index (χ4n) is 5.35. The number of fused-ring (bicyclic) bond motifs is 2. The summed E-state index contributed by atoms with van der Waals surface area (Å²) in [6.45, 7) is 6.08. The zero-order valence-corrected chi connectivity index (χ0v) is 20.3. The van der Waals surface area contributed by atoms with E-state index in [1.54, 1.807) is 22.8 Å². The fourth-order valence-corrected chi connectivity index (χ4v) is 5.35. The molecule has 7 nitrogen and oxygen atoms in total. The predicted octanol–water partition coefficient (Wildman–Crippen LogP) is 5.45. The van der Waals surface area contributed by atoms with Gasteiger partial charge in [-0.05, 0) is 61.7 Å². The third kappa shape index (κ3) is 3.77. The van der Waals surface area contributed by atoms with Crippen molar-refractivity contribution in [2.45, 2.75) is 39.3 Å². The normalized spacial score (nSPS) is 13.1. The van der Waals surface area contributed by atoms with E-state index in [0.29, 0.717) is 16.6 Å². The molecule has 5 aromatic rings. The molecule has 2 atom stereocenters. The summed E-state index contributed by atoms with van der Waals surface area (Å²) >= 11 is 0. The quantitative estimate of drug-likeness (QED) is 0.339. The number of aromatic amines is 1. The van der Waals surface area contributed by atoms with E-state index < -0.39 is 12.0 Å². The molecule has 0 amide bonds. The number of carbonyl (C=O) groups is 1. The van der Waals surface area contributed by atoms with Gasteiger partial charge >= 0.3 is 11.7 Å². The van der Waals surface area contributed by atoms with E-state index in [2.05, 4.69) is 30.1 Å². The van der Waals surface area contributed by atoms with E-state index in [9.17, 15) is 20.0 Å². The Morgan fingerprint density at radius 3 is 2.50 bits per heavy atom. The molecular weight excluding hydrogens is 452 g/mol. The SMILES string of the molecule is Cc1cc(C)c2c(C(C)n3c(=O)n([C@H](CC(=O)O)c4ccccc4)c4cc(C#N)ccc43)c[nH]c2c1. The first-order valence-electron chi connectivity index (χ1n) is 11.8. The minimum absolute atomic E-state index is 0.264. The van der Waals surface area contributed by atoms with Crippen LogP contribution in [0.5, 0.6) is 0 Å². The maximum absolute atomic E-state index is 14.1. The number of hydrogen-bond acceptors (Lipinski definition) is 3. The summed E-state index contributed by atoms with van der Waals surface area (Å²) in [6.07, 6.45) is 1.67. The van der Waals surface area contributed by atoms with Crippen LogP contribution < -0.4 is 5.69 Å². The molecule has 5 rings (SSSR count). The number of rotatable bonds is 6. The van der Waals surface area contributed by atoms with Crippen LogP contribution in [0.4, 0.5) is 0 Å². The zero-order valence-electron chi connectivity index (χ0n) is 20.3. The molecule has 0 radical (unpaired) electrons. The molecule has 0 aliphatic carbocycles. The average Bonchev–Trinajstić information content (AvgIpc) is 3.40. The van der Waals surface area contributed by atoms with Crippen molar-refractivity contribution in [3.8, 4) is 6.07 Å². The molecule has 2 aromatic heterocycles. The monoisotopic (exact) mass is 478 g/mol. The van der Waals surface area contributed by atoms with E-state index in [1.165, 1.54) is 4.57 Å². The van der Waals surface area contributed by atoms with Crippen LogP contribution in [0.2, 0.25) is 0 Å². The van der Waals surface area contributed by atoms with Gasteiger partial charge in [0.25, 0.3) is 0 Å². The topological polar surface area (TPSA) is 104 Å². The van der Waals surface area contributed by atoms with Gasteiger partial charge in [0.2, 0.25) is 0 Å². The lowest BCUT2D eigenvalue weighted by molar-refractivity contribution is -0.137. The van der Waals surface area contributed by atoms with Gasteiger partial charge in [0, 0.05) is 22.7 Å². The molecule has 0 fully saturated rings. The second-order valence-electron chi connectivity index (χ2n) is 9.29. The number of nitriles is 1. The average molecular weight is 479 g/mol. The van der Waals surface area contributed by atoms with Crippen molar-refractivity contribution < 1.29 is 9.90 Å². The Kier molecular flexibility index (Phi) is 5.73. The fraction of sp³-hybridized carbons (Fsp3) is 0.207. The number of nitrogens with zero attached hydrogens (tertiary/aromatic N) is 3. The van der Waals surface area contributed by atoms with Crippen LogP contribution in [-0.4, -0.2) is 25.2 Å². The van der Waals surface area contributed by atoms with Crippen LogP contribution in [0.3, 0.4) is 0 Å². The molecule has 2 heterocycles. The molecule has 0 bridgehead atoms. The first-order chi connectivity index (χ1) is 17.3. The summed E-state index contributed by atoms with van der Waals surface area (Å²) in [6, 6.07) is 19.6. The van der Waals surface area contributed by atoms with E-state index in [1.807, 2.05) is 50.4 Å². The van der Waals surface area contributed by atoms with Crippen LogP contribution in [0.25, 0.3) is 21.9 Å². The van der Waals surface area contributed by atoms with Crippen molar-refractivity contribution >= 4 is 27.9 Å². The highest BCUT2D eigenvalue weighted by molar-refractivity contribution is 5.88. The molecule has 0 spiro atoms. The van der Waals surface area contributed by atoms with Crippen LogP contribution >= 0.6 is 0 Å². The zero-order chi connectivity index (χ0) is 25.6. The number of imidazole rings is 1. The second-order valence-corrected chi connectivity index (χ2v) is 9.29. The van der Waals surface area contributed by atoms with Gasteiger partial charge in [-0.1, -0.05) is 36.4 Å². The molecule has 3 aromatic carbocycles. The van der Waals surface area contributed by atoms with Crippen LogP contribution in [0.15, 0.2) is 71.7 Å². The van der Waals surface area contributed by atoms with E-state index in [0.717, 1.165) is 33.2 Å². The van der Waals surface area contributed by atoms with Gasteiger partial charge < -0.3 is 10.1 Å². The van der Waals surface area contributed by atoms with Gasteiger partial charge in [-0.3, -0.25) is 13.9 Å². The minimum atomic E-state index is -1.01. The lowest BCUT2D eigenvalue weighted by Crippen LogP contribution is -2.31. The van der Waals surface area contributed by atoms with Crippen LogP contribution in [-0.2, 0) is 4.79 Å². The third-order valence-electron chi connectivity index (χ3n) is 6.89. The van der Waals surface area contributed by atoms with Gasteiger partial charge in [0.05, 0.1) is 41.2 Å². The first-order valence-corrected chi connectivity index (χ1v) is 11.8. The highest BCUT2D eigenvalue weighted by atomic mass is 16.4. The van der Waals surface area contributed by atoms with Gasteiger partial charge in [0.15, 0.2) is 0 Å². The maximum Gasteiger partial charge on any atom is 0.330 e. The highest BCUT2D eigenvalue weighted by Crippen LogP contribution is 2.33. The number of nitrogens with one attached hydrogen (secondary N) is 1. The second kappa shape index (κ2) is 8.90. The summed E-state index contributed by atoms with van der Waals surface area (Å²) in [7, 11) is 0. The summed E-state index contributed by atoms with van der Waals surface area (Å²) in [4.78, 5) is 29.4. The van der Waals surface area contributed by atoms with Crippen molar-refractivity contribution in [1.29, 1.82) is 5.26 Å². The molecule has 1 unspecified atom stereocenters. The Hall–Kier alpha value is -4.57. The number of aromatic nitrogens is 3. The Bertz CT molecular complexity index is 1720. The van der Waals surface area contributed by atoms with Crippen molar-refractivity contribution in [3.63, 3.8) is 0 Å². The van der Waals surface area contributed by atoms with Gasteiger partial charge in [-0.15, -0.1) is 0 Å². The molecule has 0 saturated heterocycles. The van der Waals surface area contributed by atoms with Gasteiger partial charge in [0.1, 0.15) is 0 Å². The Morgan fingerprint density at radius 1 is 1.06 bits per heavy atom. The predicted molar refractivity (Wildman–Crippen MR) is 139 cm³/mol. The molecular formula is C29H26N4O3. The summed E-state index contributed by atoms with van der Waals surface area (Å²) < 4.78 is 3.23. The number of aliphatic carboxylic acids is 1. The van der Waals surface area contributed by atoms with Crippen molar-refractivity contribution in [2.24, 2.45) is 0 Å². The molecule has 2 N–H and O–H groups in total. The number of H-pyrrole nitrogens is 1. The van der Waals surface area contributed by atoms with Crippen molar-refractivity contribution in [3.05, 3.63) is 105 Å². The van der Waals surface area contributed by atoms with Gasteiger partial charge in [-0.2, -0.15) is 5.26 Å². The third-order valence-corrected chi connectivity index (χ3v) is 6.89. The lowest BCUT2D eigenvalue weighted by Gasteiger charge is -2.18. The molecule has 36 heavy (non-hydrogen) atoms. The number of carboxylic acid groups (broad SMARTS) is 1. The molecule has 0 aliphatic rings. The molecule has 0 aliphatic heterocycles. The van der Waals surface area contributed by atoms with Crippen molar-refractivity contribution in [2.75, 3.05) is 0 Å². The molecule has 0 saturated carbocycles. The summed E-state index contributed by atoms with van der Waals surface area (Å²) in [5.41, 5.74) is 6.24. The molecule has 7 heteroatoms. The van der Waals surface area contributed by atoms with Crippen LogP contribution in [0.1, 0.15) is 53.2 Å². The smallest absolute Gasteiger partial charge is 0.330 e. The summed E-state index contributed by atoms with van der Waals surface area (Å²) in [5.74, 6) is -1.01. The number of hydrogen-bond donors (Lipinski definition) is 2. The standard InChI is InChI=1S/C29H26N4O3/c1-17-11-18(2)28-22(16-31-23(28)12-17)19(3)32-24-10-9-20(15-30)13-26(24)33(29(32)36)25(14-27(34)35)21-7-5-4-6-8-21/h4-13,16,19,25,31H,14H2,1-3H3,(H,34,35)/t19?,25-/m1/s1. The van der Waals surface area contributed by atoms with E-state index in [-0.39, 0.29) is 18.2 Å². The van der Waals surface area contributed by atoms with E-state index in [4.69, 9.17) is 0 Å². The van der Waals surface area contributed by atoms with Crippen molar-refractivity contribution in [1.82, 2.24) is 14.1 Å². The van der Waals surface area contributed by atoms with Crippen LogP contribution in [0, 0.1) is 25.2 Å². The lowest BCUT2D eigenvalue weighted by atomic mass is 10.0. The first kappa shape index (κ1) is 23.2. The highest BCUT2D eigenvalue weighted by Gasteiger charge is 2.27. The Labute approximate surface area is 207 Å². The Morgan fingerprint density at radius 2 is 1.81 bits per heavy atom. The van der Waals surface area contributed by atoms with E-state index >= 15 is 0 Å². The summed E-state index contributed by atoms with van der Waals surface area (Å²) in [5, 5.41) is 20.4. The Balaban J connectivity index is 1.80. The number of benzene rings is 3. The number of carboxylic acids is 1. The number of aryl methyl sites for hydroxylation is 2. The molecule has 180 valence electrons. The minimum Gasteiger partial charge on any atom is -0.481 e. The van der Waals surface area contributed by atoms with Gasteiger partial charge in [-0.25, -0.2) is 4.79 Å². The maximum atomic E-state index is 14.1. The largest absolute Gasteiger partial charge is 0.481 e.